The molecule has 0 bridgehead atoms. The van der Waals surface area contributed by atoms with Crippen LogP contribution < -0.4 is 10.6 Å². The molecule has 7 nitrogen and oxygen atoms in total. The van der Waals surface area contributed by atoms with E-state index in [0.717, 1.165) is 16.8 Å². The van der Waals surface area contributed by atoms with Crippen molar-refractivity contribution < 1.29 is 14.8 Å². The minimum absolute atomic E-state index is 0.0532. The third-order valence-electron chi connectivity index (χ3n) is 3.61. The number of nitro benzene ring substituents is 1. The summed E-state index contributed by atoms with van der Waals surface area (Å²) in [6.45, 7) is 2.42. The van der Waals surface area contributed by atoms with E-state index in [-0.39, 0.29) is 24.7 Å². The molecule has 0 saturated heterocycles. The van der Waals surface area contributed by atoms with Gasteiger partial charge < -0.3 is 15.7 Å². The van der Waals surface area contributed by atoms with E-state index in [1.165, 1.54) is 12.1 Å². The fourth-order valence-corrected chi connectivity index (χ4v) is 2.27. The molecule has 0 heterocycles. The topological polar surface area (TPSA) is 105 Å². The molecule has 0 fully saturated rings. The quantitative estimate of drug-likeness (QED) is 0.534. The van der Waals surface area contributed by atoms with E-state index in [4.69, 9.17) is 5.11 Å². The molecule has 0 unspecified atom stereocenters. The van der Waals surface area contributed by atoms with E-state index in [0.29, 0.717) is 12.1 Å². The molecule has 3 N–H and O–H groups in total. The van der Waals surface area contributed by atoms with Crippen LogP contribution in [0.25, 0.3) is 0 Å². The summed E-state index contributed by atoms with van der Waals surface area (Å²) in [4.78, 5) is 22.3. The second-order valence-corrected chi connectivity index (χ2v) is 5.23. The van der Waals surface area contributed by atoms with E-state index >= 15 is 0 Å². The number of nitrogens with one attached hydrogen (secondary N) is 2. The largest absolute Gasteiger partial charge is 0.395 e. The van der Waals surface area contributed by atoms with E-state index < -0.39 is 4.92 Å². The van der Waals surface area contributed by atoms with Crippen LogP contribution in [0.4, 0.5) is 11.4 Å². The van der Waals surface area contributed by atoms with Crippen molar-refractivity contribution in [1.82, 2.24) is 5.32 Å². The highest BCUT2D eigenvalue weighted by atomic mass is 16.6. The Labute approximate surface area is 139 Å². The Morgan fingerprint density at radius 3 is 2.54 bits per heavy atom. The van der Waals surface area contributed by atoms with Gasteiger partial charge in [0.25, 0.3) is 11.6 Å². The lowest BCUT2D eigenvalue weighted by Crippen LogP contribution is -2.27. The van der Waals surface area contributed by atoms with Crippen molar-refractivity contribution in [2.75, 3.05) is 18.5 Å². The Morgan fingerprint density at radius 1 is 1.21 bits per heavy atom. The molecule has 2 rings (SSSR count). The molecule has 126 valence electrons. The number of nitrogens with zero attached hydrogens (tertiary/aromatic N) is 1. The maximum atomic E-state index is 12.0. The van der Waals surface area contributed by atoms with Crippen LogP contribution in [0.5, 0.6) is 0 Å². The minimum atomic E-state index is -0.435. The molecule has 0 saturated carbocycles. The summed E-state index contributed by atoms with van der Waals surface area (Å²) in [5.74, 6) is -0.236. The molecule has 2 aromatic carbocycles. The number of amides is 1. The monoisotopic (exact) mass is 329 g/mol. The summed E-state index contributed by atoms with van der Waals surface area (Å²) in [6, 6.07) is 11.7. The van der Waals surface area contributed by atoms with Crippen LogP contribution >= 0.6 is 0 Å². The first kappa shape index (κ1) is 17.4. The highest BCUT2D eigenvalue weighted by molar-refractivity contribution is 5.97. The highest BCUT2D eigenvalue weighted by Gasteiger charge is 2.11. The molecule has 0 spiro atoms. The predicted octanol–water partition coefficient (Wildman–Crippen LogP) is 2.24. The SMILES string of the molecule is Cc1c(NCc2ccc([N+](=O)[O-])cc2)cccc1C(=O)NCCO. The van der Waals surface area contributed by atoms with E-state index in [1.807, 2.05) is 13.0 Å². The van der Waals surface area contributed by atoms with Gasteiger partial charge >= 0.3 is 0 Å². The van der Waals surface area contributed by atoms with E-state index in [2.05, 4.69) is 10.6 Å². The Kier molecular flexibility index (Phi) is 5.86. The van der Waals surface area contributed by atoms with Crippen molar-refractivity contribution in [3.63, 3.8) is 0 Å². The van der Waals surface area contributed by atoms with Crippen molar-refractivity contribution in [2.24, 2.45) is 0 Å². The van der Waals surface area contributed by atoms with Crippen molar-refractivity contribution in [3.8, 4) is 0 Å². The first-order valence-corrected chi connectivity index (χ1v) is 7.49. The van der Waals surface area contributed by atoms with Gasteiger partial charge in [-0.05, 0) is 30.2 Å². The molecule has 0 atom stereocenters. The molecule has 0 aromatic heterocycles. The average Bonchev–Trinajstić information content (AvgIpc) is 2.59. The maximum absolute atomic E-state index is 12.0. The van der Waals surface area contributed by atoms with Crippen LogP contribution in [0.1, 0.15) is 21.5 Å². The standard InChI is InChI=1S/C17H19N3O4/c1-12-15(17(22)18-9-10-21)3-2-4-16(12)19-11-13-5-7-14(8-6-13)20(23)24/h2-8,19,21H,9-11H2,1H3,(H,18,22). The second kappa shape index (κ2) is 8.07. The van der Waals surface area contributed by atoms with Gasteiger partial charge in [0.15, 0.2) is 0 Å². The number of carbonyl (C=O) groups is 1. The van der Waals surface area contributed by atoms with Crippen LogP contribution in [0.2, 0.25) is 0 Å². The van der Waals surface area contributed by atoms with E-state index in [9.17, 15) is 14.9 Å². The smallest absolute Gasteiger partial charge is 0.269 e. The summed E-state index contributed by atoms with van der Waals surface area (Å²) in [7, 11) is 0. The van der Waals surface area contributed by atoms with Crippen molar-refractivity contribution >= 4 is 17.3 Å². The number of benzene rings is 2. The van der Waals surface area contributed by atoms with Gasteiger partial charge in [-0.3, -0.25) is 14.9 Å². The van der Waals surface area contributed by atoms with Gasteiger partial charge in [0.2, 0.25) is 0 Å². The van der Waals surface area contributed by atoms with Crippen molar-refractivity contribution in [1.29, 1.82) is 0 Å². The normalized spacial score (nSPS) is 10.2. The summed E-state index contributed by atoms with van der Waals surface area (Å²) in [6.07, 6.45) is 0. The van der Waals surface area contributed by atoms with Gasteiger partial charge in [0.05, 0.1) is 11.5 Å². The molecule has 7 heteroatoms. The second-order valence-electron chi connectivity index (χ2n) is 5.23. The Bertz CT molecular complexity index is 729. The zero-order chi connectivity index (χ0) is 17.5. The fraction of sp³-hybridized carbons (Fsp3) is 0.235. The Balaban J connectivity index is 2.07. The molecular formula is C17H19N3O4. The Morgan fingerprint density at radius 2 is 1.92 bits per heavy atom. The van der Waals surface area contributed by atoms with Crippen molar-refractivity contribution in [3.05, 3.63) is 69.3 Å². The van der Waals surface area contributed by atoms with Gasteiger partial charge in [0, 0.05) is 36.5 Å². The van der Waals surface area contributed by atoms with Crippen LogP contribution in [0, 0.1) is 17.0 Å². The molecule has 0 aliphatic rings. The van der Waals surface area contributed by atoms with Crippen molar-refractivity contribution in [2.45, 2.75) is 13.5 Å². The Hall–Kier alpha value is -2.93. The van der Waals surface area contributed by atoms with Crippen LogP contribution in [-0.4, -0.2) is 29.1 Å². The lowest BCUT2D eigenvalue weighted by Gasteiger charge is -2.13. The number of non-ortho nitro benzene ring substituents is 1. The molecule has 2 aromatic rings. The molecule has 0 radical (unpaired) electrons. The summed E-state index contributed by atoms with van der Waals surface area (Å²) < 4.78 is 0. The average molecular weight is 329 g/mol. The molecule has 24 heavy (non-hydrogen) atoms. The lowest BCUT2D eigenvalue weighted by atomic mass is 10.1. The number of nitro groups is 1. The minimum Gasteiger partial charge on any atom is -0.395 e. The number of aliphatic hydroxyl groups is 1. The zero-order valence-corrected chi connectivity index (χ0v) is 13.3. The number of hydrogen-bond acceptors (Lipinski definition) is 5. The first-order valence-electron chi connectivity index (χ1n) is 7.49. The van der Waals surface area contributed by atoms with Gasteiger partial charge in [-0.15, -0.1) is 0 Å². The fourth-order valence-electron chi connectivity index (χ4n) is 2.27. The van der Waals surface area contributed by atoms with Crippen LogP contribution in [0.15, 0.2) is 42.5 Å². The number of rotatable bonds is 7. The van der Waals surface area contributed by atoms with Gasteiger partial charge in [0.1, 0.15) is 0 Å². The zero-order valence-electron chi connectivity index (χ0n) is 13.3. The number of hydrogen-bond donors (Lipinski definition) is 3. The summed E-state index contributed by atoms with van der Waals surface area (Å²) >= 11 is 0. The molecular weight excluding hydrogens is 310 g/mol. The van der Waals surface area contributed by atoms with Gasteiger partial charge in [-0.25, -0.2) is 0 Å². The summed E-state index contributed by atoms with van der Waals surface area (Å²) in [5.41, 5.74) is 3.10. The third-order valence-corrected chi connectivity index (χ3v) is 3.61. The lowest BCUT2D eigenvalue weighted by molar-refractivity contribution is -0.384. The predicted molar refractivity (Wildman–Crippen MR) is 91.0 cm³/mol. The first-order chi connectivity index (χ1) is 11.5. The number of anilines is 1. The van der Waals surface area contributed by atoms with Gasteiger partial charge in [-0.2, -0.15) is 0 Å². The number of aliphatic hydroxyl groups excluding tert-OH is 1. The molecule has 1 amide bonds. The van der Waals surface area contributed by atoms with Crippen LogP contribution in [-0.2, 0) is 6.54 Å². The van der Waals surface area contributed by atoms with E-state index in [1.54, 1.807) is 24.3 Å². The van der Waals surface area contributed by atoms with Crippen LogP contribution in [0.3, 0.4) is 0 Å². The highest BCUT2D eigenvalue weighted by Crippen LogP contribution is 2.20. The third kappa shape index (κ3) is 4.30. The van der Waals surface area contributed by atoms with Gasteiger partial charge in [-0.1, -0.05) is 18.2 Å². The maximum Gasteiger partial charge on any atom is 0.269 e. The summed E-state index contributed by atoms with van der Waals surface area (Å²) in [5, 5.41) is 25.3. The molecule has 0 aliphatic carbocycles. The molecule has 0 aliphatic heterocycles. The number of carbonyl (C=O) groups excluding carboxylic acids is 1.